The van der Waals surface area contributed by atoms with Gasteiger partial charge in [0.15, 0.2) is 0 Å². The lowest BCUT2D eigenvalue weighted by atomic mass is 10.2. The molecule has 0 saturated carbocycles. The molecule has 106 valence electrons. The Morgan fingerprint density at radius 2 is 1.67 bits per heavy atom. The lowest BCUT2D eigenvalue weighted by Crippen LogP contribution is -2.52. The zero-order chi connectivity index (χ0) is 14.6. The van der Waals surface area contributed by atoms with Crippen molar-refractivity contribution < 1.29 is 31.5 Å². The van der Waals surface area contributed by atoms with Crippen LogP contribution in [-0.4, -0.2) is 47.7 Å². The van der Waals surface area contributed by atoms with Crippen LogP contribution in [0.1, 0.15) is 13.3 Å². The van der Waals surface area contributed by atoms with Crippen molar-refractivity contribution in [3.05, 3.63) is 0 Å². The summed E-state index contributed by atoms with van der Waals surface area (Å²) < 4.78 is 61.4. The molecule has 0 radical (unpaired) electrons. The SMILES string of the molecule is CCN(CCC(=O)CCl)C(=O)C(F)(F)C(F)(F)F. The highest BCUT2D eigenvalue weighted by atomic mass is 35.5. The molecule has 1 amide bonds. The molecule has 0 heterocycles. The quantitative estimate of drug-likeness (QED) is 0.557. The van der Waals surface area contributed by atoms with Gasteiger partial charge in [-0.2, -0.15) is 22.0 Å². The first-order chi connectivity index (χ1) is 8.07. The number of Topliss-reactive ketones (excluding diaryl/α,β-unsaturated/α-hetero) is 1. The Kier molecular flexibility index (Phi) is 5.98. The molecule has 3 nitrogen and oxygen atoms in total. The van der Waals surface area contributed by atoms with Crippen LogP contribution in [0.5, 0.6) is 0 Å². The Morgan fingerprint density at radius 1 is 1.17 bits per heavy atom. The third-order valence-corrected chi connectivity index (χ3v) is 2.40. The van der Waals surface area contributed by atoms with E-state index in [9.17, 15) is 31.5 Å². The summed E-state index contributed by atoms with van der Waals surface area (Å²) in [6.45, 7) is 0.349. The largest absolute Gasteiger partial charge is 0.463 e. The molecule has 0 aliphatic rings. The highest BCUT2D eigenvalue weighted by Crippen LogP contribution is 2.36. The number of rotatable bonds is 6. The van der Waals surface area contributed by atoms with Gasteiger partial charge in [-0.3, -0.25) is 9.59 Å². The molecule has 0 aromatic rings. The number of hydrogen-bond acceptors (Lipinski definition) is 2. The molecule has 18 heavy (non-hydrogen) atoms. The minimum absolute atomic E-state index is 0.276. The van der Waals surface area contributed by atoms with Crippen LogP contribution >= 0.6 is 11.6 Å². The maximum Gasteiger partial charge on any atom is 0.463 e. The molecule has 0 N–H and O–H groups in total. The van der Waals surface area contributed by atoms with Crippen molar-refractivity contribution in [2.24, 2.45) is 0 Å². The van der Waals surface area contributed by atoms with Gasteiger partial charge in [0.25, 0.3) is 0 Å². The van der Waals surface area contributed by atoms with Crippen LogP contribution in [0.25, 0.3) is 0 Å². The topological polar surface area (TPSA) is 37.4 Å². The number of carbonyl (C=O) groups excluding carboxylic acids is 2. The first-order valence-electron chi connectivity index (χ1n) is 4.89. The van der Waals surface area contributed by atoms with E-state index in [-0.39, 0.29) is 23.7 Å². The molecule has 0 aliphatic heterocycles. The van der Waals surface area contributed by atoms with Gasteiger partial charge in [-0.1, -0.05) is 0 Å². The third kappa shape index (κ3) is 4.08. The van der Waals surface area contributed by atoms with E-state index in [4.69, 9.17) is 11.6 Å². The normalized spacial score (nSPS) is 12.4. The van der Waals surface area contributed by atoms with Crippen LogP contribution in [0.15, 0.2) is 0 Å². The summed E-state index contributed by atoms with van der Waals surface area (Å²) >= 11 is 5.14. The van der Waals surface area contributed by atoms with E-state index in [2.05, 4.69) is 0 Å². The van der Waals surface area contributed by atoms with Crippen molar-refractivity contribution in [2.45, 2.75) is 25.4 Å². The second-order valence-corrected chi connectivity index (χ2v) is 3.65. The average Bonchev–Trinajstić information content (AvgIpc) is 2.27. The summed E-state index contributed by atoms with van der Waals surface area (Å²) in [5.41, 5.74) is 0. The zero-order valence-corrected chi connectivity index (χ0v) is 10.1. The van der Waals surface area contributed by atoms with Crippen molar-refractivity contribution in [3.63, 3.8) is 0 Å². The molecule has 0 atom stereocenters. The molecule has 0 rings (SSSR count). The third-order valence-electron chi connectivity index (χ3n) is 2.10. The summed E-state index contributed by atoms with van der Waals surface area (Å²) in [5.74, 6) is -8.74. The maximum atomic E-state index is 12.7. The van der Waals surface area contributed by atoms with Crippen molar-refractivity contribution in [2.75, 3.05) is 19.0 Å². The Hall–Kier alpha value is -0.920. The fourth-order valence-corrected chi connectivity index (χ4v) is 1.18. The molecule has 0 aromatic carbocycles. The van der Waals surface area contributed by atoms with Gasteiger partial charge in [0.05, 0.1) is 5.88 Å². The van der Waals surface area contributed by atoms with Crippen molar-refractivity contribution in [1.82, 2.24) is 4.90 Å². The molecule has 0 aliphatic carbocycles. The highest BCUT2D eigenvalue weighted by molar-refractivity contribution is 6.27. The molecule has 0 fully saturated rings. The molecule has 9 heteroatoms. The van der Waals surface area contributed by atoms with E-state index in [1.54, 1.807) is 0 Å². The summed E-state index contributed by atoms with van der Waals surface area (Å²) in [6.07, 6.45) is -6.31. The van der Waals surface area contributed by atoms with E-state index in [1.807, 2.05) is 0 Å². The molecular weight excluding hydrogens is 285 g/mol. The van der Waals surface area contributed by atoms with E-state index < -0.39 is 30.3 Å². The van der Waals surface area contributed by atoms with Gasteiger partial charge < -0.3 is 4.90 Å². The standard InChI is InChI=1S/C9H11ClF5NO2/c1-2-16(4-3-6(17)5-10)7(18)8(11,12)9(13,14)15/h2-5H2,1H3. The van der Waals surface area contributed by atoms with Crippen LogP contribution in [0.2, 0.25) is 0 Å². The molecule has 0 aromatic heterocycles. The first-order valence-corrected chi connectivity index (χ1v) is 5.43. The second kappa shape index (κ2) is 6.31. The molecule has 0 bridgehead atoms. The van der Waals surface area contributed by atoms with Crippen LogP contribution in [0.3, 0.4) is 0 Å². The monoisotopic (exact) mass is 295 g/mol. The Labute approximate surface area is 105 Å². The van der Waals surface area contributed by atoms with Gasteiger partial charge in [-0.25, -0.2) is 0 Å². The molecular formula is C9H11ClF5NO2. The fourth-order valence-electron chi connectivity index (χ4n) is 1.05. The highest BCUT2D eigenvalue weighted by Gasteiger charge is 2.64. The number of ketones is 1. The van der Waals surface area contributed by atoms with E-state index in [0.717, 1.165) is 0 Å². The van der Waals surface area contributed by atoms with Crippen LogP contribution in [0, 0.1) is 0 Å². The van der Waals surface area contributed by atoms with Crippen molar-refractivity contribution >= 4 is 23.3 Å². The smallest absolute Gasteiger partial charge is 0.337 e. The first kappa shape index (κ1) is 17.1. The number of alkyl halides is 6. The molecule has 0 spiro atoms. The Balaban J connectivity index is 4.77. The van der Waals surface area contributed by atoms with Crippen LogP contribution in [0.4, 0.5) is 22.0 Å². The summed E-state index contributed by atoms with van der Waals surface area (Å²) in [5, 5.41) is 0. The number of nitrogens with zero attached hydrogens (tertiary/aromatic N) is 1. The fraction of sp³-hybridized carbons (Fsp3) is 0.778. The van der Waals surface area contributed by atoms with E-state index in [1.165, 1.54) is 6.92 Å². The van der Waals surface area contributed by atoms with Crippen LogP contribution < -0.4 is 0 Å². The Bertz CT molecular complexity index is 319. The van der Waals surface area contributed by atoms with Gasteiger partial charge in [-0.15, -0.1) is 11.6 Å². The minimum Gasteiger partial charge on any atom is -0.337 e. The number of hydrogen-bond donors (Lipinski definition) is 0. The van der Waals surface area contributed by atoms with Crippen molar-refractivity contribution in [1.29, 1.82) is 0 Å². The molecule has 0 saturated heterocycles. The van der Waals surface area contributed by atoms with Gasteiger partial charge in [0, 0.05) is 19.5 Å². The Morgan fingerprint density at radius 3 is 2.00 bits per heavy atom. The second-order valence-electron chi connectivity index (χ2n) is 3.38. The number of amides is 1. The van der Waals surface area contributed by atoms with Crippen LogP contribution in [-0.2, 0) is 9.59 Å². The predicted molar refractivity (Wildman–Crippen MR) is 53.6 cm³/mol. The van der Waals surface area contributed by atoms with Gasteiger partial charge in [-0.05, 0) is 6.92 Å². The summed E-state index contributed by atoms with van der Waals surface area (Å²) in [7, 11) is 0. The molecule has 0 unspecified atom stereocenters. The maximum absolute atomic E-state index is 12.7. The zero-order valence-electron chi connectivity index (χ0n) is 9.36. The summed E-state index contributed by atoms with van der Waals surface area (Å²) in [4.78, 5) is 22.2. The van der Waals surface area contributed by atoms with Gasteiger partial charge in [0.1, 0.15) is 5.78 Å². The number of halogens is 6. The van der Waals surface area contributed by atoms with Gasteiger partial charge in [0.2, 0.25) is 0 Å². The summed E-state index contributed by atoms with van der Waals surface area (Å²) in [6, 6.07) is 0. The van der Waals surface area contributed by atoms with Crippen molar-refractivity contribution in [3.8, 4) is 0 Å². The van der Waals surface area contributed by atoms with E-state index in [0.29, 0.717) is 0 Å². The van der Waals surface area contributed by atoms with Gasteiger partial charge >= 0.3 is 18.0 Å². The lowest BCUT2D eigenvalue weighted by molar-refractivity contribution is -0.274. The average molecular weight is 296 g/mol. The minimum atomic E-state index is -5.95. The van der Waals surface area contributed by atoms with E-state index >= 15 is 0 Å². The predicted octanol–water partition coefficient (Wildman–Crippen LogP) is 2.23. The lowest BCUT2D eigenvalue weighted by Gasteiger charge is -2.26. The number of carbonyl (C=O) groups is 2.